The molecule has 0 aliphatic heterocycles. The zero-order valence-corrected chi connectivity index (χ0v) is 13.1. The van der Waals surface area contributed by atoms with Crippen LogP contribution in [0.25, 0.3) is 10.8 Å². The van der Waals surface area contributed by atoms with Gasteiger partial charge >= 0.3 is 0 Å². The Morgan fingerprint density at radius 1 is 0.870 bits per heavy atom. The largest absolute Gasteiger partial charge is 0.506 e. The molecule has 0 aromatic heterocycles. The van der Waals surface area contributed by atoms with E-state index >= 15 is 0 Å². The first-order valence-electron chi connectivity index (χ1n) is 6.68. The van der Waals surface area contributed by atoms with Crippen LogP contribution in [0, 0.1) is 0 Å². The standard InChI is InChI=1S/C17H14N2O3.Cu/c1-22-12-7-9-16(20)15(10-12)19-18-14-8-6-11-4-2-3-5-13(11)17(14)21;/h2-10,20-21H,1H3;. The van der Waals surface area contributed by atoms with Gasteiger partial charge in [0.15, 0.2) is 5.75 Å². The van der Waals surface area contributed by atoms with Crippen molar-refractivity contribution >= 4 is 22.1 Å². The van der Waals surface area contributed by atoms with Gasteiger partial charge in [-0.3, -0.25) is 0 Å². The van der Waals surface area contributed by atoms with E-state index in [1.165, 1.54) is 13.2 Å². The van der Waals surface area contributed by atoms with Crippen LogP contribution >= 0.6 is 0 Å². The first kappa shape index (κ1) is 16.8. The van der Waals surface area contributed by atoms with E-state index in [9.17, 15) is 10.2 Å². The summed E-state index contributed by atoms with van der Waals surface area (Å²) in [6.45, 7) is 0. The zero-order chi connectivity index (χ0) is 15.5. The van der Waals surface area contributed by atoms with Gasteiger partial charge in [-0.05, 0) is 23.6 Å². The molecule has 5 nitrogen and oxygen atoms in total. The van der Waals surface area contributed by atoms with Gasteiger partial charge in [0.2, 0.25) is 0 Å². The van der Waals surface area contributed by atoms with Gasteiger partial charge in [-0.25, -0.2) is 0 Å². The quantitative estimate of drug-likeness (QED) is 0.528. The van der Waals surface area contributed by atoms with E-state index in [2.05, 4.69) is 10.2 Å². The molecular formula is C17H14CuN2O3. The molecule has 0 atom stereocenters. The van der Waals surface area contributed by atoms with E-state index in [1.807, 2.05) is 30.3 Å². The van der Waals surface area contributed by atoms with Crippen LogP contribution in [-0.2, 0) is 17.1 Å². The summed E-state index contributed by atoms with van der Waals surface area (Å²) in [4.78, 5) is 0. The van der Waals surface area contributed by atoms with Crippen LogP contribution in [0.4, 0.5) is 11.4 Å². The fraction of sp³-hybridized carbons (Fsp3) is 0.0588. The van der Waals surface area contributed by atoms with Crippen LogP contribution in [0.5, 0.6) is 17.2 Å². The molecule has 121 valence electrons. The van der Waals surface area contributed by atoms with Crippen molar-refractivity contribution in [3.63, 3.8) is 0 Å². The third kappa shape index (κ3) is 3.44. The summed E-state index contributed by atoms with van der Waals surface area (Å²) in [6, 6.07) is 15.7. The smallest absolute Gasteiger partial charge is 0.150 e. The number of hydrogen-bond acceptors (Lipinski definition) is 5. The second-order valence-corrected chi connectivity index (χ2v) is 4.71. The fourth-order valence-corrected chi connectivity index (χ4v) is 2.14. The number of nitrogens with zero attached hydrogens (tertiary/aromatic N) is 2. The van der Waals surface area contributed by atoms with Crippen LogP contribution < -0.4 is 4.74 Å². The molecule has 0 aliphatic rings. The molecular weight excluding hydrogens is 344 g/mol. The topological polar surface area (TPSA) is 74.4 Å². The van der Waals surface area contributed by atoms with E-state index in [0.29, 0.717) is 16.8 Å². The number of methoxy groups -OCH3 is 1. The number of hydrogen-bond donors (Lipinski definition) is 2. The maximum Gasteiger partial charge on any atom is 0.150 e. The monoisotopic (exact) mass is 357 g/mol. The molecule has 3 rings (SSSR count). The number of benzene rings is 3. The van der Waals surface area contributed by atoms with Crippen molar-refractivity contribution in [2.24, 2.45) is 10.2 Å². The Labute approximate surface area is 143 Å². The molecule has 0 aliphatic carbocycles. The molecule has 0 saturated carbocycles. The summed E-state index contributed by atoms with van der Waals surface area (Å²) in [7, 11) is 1.53. The van der Waals surface area contributed by atoms with Crippen LogP contribution in [0.15, 0.2) is 64.8 Å². The average molecular weight is 358 g/mol. The van der Waals surface area contributed by atoms with E-state index in [4.69, 9.17) is 4.74 Å². The maximum atomic E-state index is 10.3. The normalized spacial score (nSPS) is 10.7. The second kappa shape index (κ2) is 7.13. The van der Waals surface area contributed by atoms with Crippen molar-refractivity contribution < 1.29 is 32.0 Å². The molecule has 6 heteroatoms. The number of phenols is 2. The minimum Gasteiger partial charge on any atom is -0.506 e. The van der Waals surface area contributed by atoms with E-state index in [1.54, 1.807) is 18.2 Å². The summed E-state index contributed by atoms with van der Waals surface area (Å²) in [6.07, 6.45) is 0. The van der Waals surface area contributed by atoms with Crippen LogP contribution in [0.1, 0.15) is 0 Å². The third-order valence-electron chi connectivity index (χ3n) is 3.33. The summed E-state index contributed by atoms with van der Waals surface area (Å²) in [5.74, 6) is 0.614. The van der Waals surface area contributed by atoms with Crippen molar-refractivity contribution in [1.29, 1.82) is 0 Å². The Balaban J connectivity index is 0.00000192. The summed E-state index contributed by atoms with van der Waals surface area (Å²) in [5, 5.41) is 29.7. The zero-order valence-electron chi connectivity index (χ0n) is 12.2. The molecule has 0 bridgehead atoms. The van der Waals surface area contributed by atoms with Crippen LogP contribution in [0.2, 0.25) is 0 Å². The number of ether oxygens (including phenoxy) is 1. The SMILES string of the molecule is COc1ccc(O)c(N=Nc2ccc3ccccc3c2O)c1.[Cu]. The van der Waals surface area contributed by atoms with Gasteiger partial charge < -0.3 is 14.9 Å². The van der Waals surface area contributed by atoms with Gasteiger partial charge in [-0.2, -0.15) is 0 Å². The first-order chi connectivity index (χ1) is 10.7. The molecule has 0 saturated heterocycles. The molecule has 3 aromatic carbocycles. The minimum atomic E-state index is -0.00942. The van der Waals surface area contributed by atoms with E-state index in [0.717, 1.165) is 5.39 Å². The molecule has 23 heavy (non-hydrogen) atoms. The number of azo groups is 1. The second-order valence-electron chi connectivity index (χ2n) is 4.71. The number of aromatic hydroxyl groups is 2. The van der Waals surface area contributed by atoms with Gasteiger partial charge in [0.05, 0.1) is 7.11 Å². The first-order valence-corrected chi connectivity index (χ1v) is 6.68. The van der Waals surface area contributed by atoms with Gasteiger partial charge in [-0.15, -0.1) is 10.2 Å². The fourth-order valence-electron chi connectivity index (χ4n) is 2.14. The Hall–Kier alpha value is -2.56. The number of rotatable bonds is 3. The Bertz CT molecular complexity index is 866. The molecule has 0 unspecified atom stereocenters. The van der Waals surface area contributed by atoms with Crippen molar-refractivity contribution in [3.8, 4) is 17.2 Å². The van der Waals surface area contributed by atoms with Crippen molar-refractivity contribution in [1.82, 2.24) is 0 Å². The molecule has 0 heterocycles. The summed E-state index contributed by atoms with van der Waals surface area (Å²) >= 11 is 0. The molecule has 0 fully saturated rings. The number of phenolic OH excluding ortho intramolecular Hbond substituents is 2. The Kier molecular flexibility index (Phi) is 5.21. The molecule has 0 amide bonds. The van der Waals surface area contributed by atoms with Crippen LogP contribution in [-0.4, -0.2) is 17.3 Å². The maximum absolute atomic E-state index is 10.3. The van der Waals surface area contributed by atoms with E-state index in [-0.39, 0.29) is 34.3 Å². The predicted molar refractivity (Wildman–Crippen MR) is 84.4 cm³/mol. The Morgan fingerprint density at radius 3 is 2.39 bits per heavy atom. The van der Waals surface area contributed by atoms with Crippen LogP contribution in [0.3, 0.4) is 0 Å². The molecule has 3 aromatic rings. The van der Waals surface area contributed by atoms with E-state index < -0.39 is 0 Å². The summed E-state index contributed by atoms with van der Waals surface area (Å²) < 4.78 is 5.08. The van der Waals surface area contributed by atoms with Gasteiger partial charge in [0.25, 0.3) is 0 Å². The van der Waals surface area contributed by atoms with Gasteiger partial charge in [-0.1, -0.05) is 30.3 Å². The van der Waals surface area contributed by atoms with Gasteiger partial charge in [0, 0.05) is 28.5 Å². The molecule has 2 N–H and O–H groups in total. The minimum absolute atomic E-state index is 0. The molecule has 1 radical (unpaired) electrons. The van der Waals surface area contributed by atoms with Crippen molar-refractivity contribution in [2.45, 2.75) is 0 Å². The van der Waals surface area contributed by atoms with Crippen molar-refractivity contribution in [3.05, 3.63) is 54.6 Å². The Morgan fingerprint density at radius 2 is 1.61 bits per heavy atom. The number of fused-ring (bicyclic) bond motifs is 1. The summed E-state index contributed by atoms with van der Waals surface area (Å²) in [5.41, 5.74) is 0.604. The predicted octanol–water partition coefficient (Wildman–Crippen LogP) is 4.67. The molecule has 0 spiro atoms. The van der Waals surface area contributed by atoms with Gasteiger partial charge in [0.1, 0.15) is 22.9 Å². The van der Waals surface area contributed by atoms with Crippen molar-refractivity contribution in [2.75, 3.05) is 7.11 Å². The third-order valence-corrected chi connectivity index (χ3v) is 3.33. The average Bonchev–Trinajstić information content (AvgIpc) is 2.56.